The smallest absolute Gasteiger partial charge is 0.183 e. The van der Waals surface area contributed by atoms with E-state index in [0.29, 0.717) is 6.61 Å². The van der Waals surface area contributed by atoms with E-state index in [0.717, 1.165) is 0 Å². The standard InChI is InChI=1S/C5H11FO3/c1-3-8-5(7-2)4-9-6/h5H,3-4H2,1-2H3. The van der Waals surface area contributed by atoms with E-state index in [1.165, 1.54) is 7.11 Å². The van der Waals surface area contributed by atoms with Crippen molar-refractivity contribution in [2.75, 3.05) is 20.3 Å². The molecule has 0 aromatic heterocycles. The van der Waals surface area contributed by atoms with E-state index < -0.39 is 6.29 Å². The van der Waals surface area contributed by atoms with E-state index in [-0.39, 0.29) is 6.61 Å². The Morgan fingerprint density at radius 1 is 1.56 bits per heavy atom. The Morgan fingerprint density at radius 2 is 2.22 bits per heavy atom. The average Bonchev–Trinajstić information content (AvgIpc) is 1.88. The third-order valence-electron chi connectivity index (χ3n) is 0.815. The van der Waals surface area contributed by atoms with Crippen molar-refractivity contribution in [3.05, 3.63) is 0 Å². The molecule has 3 nitrogen and oxygen atoms in total. The molecule has 0 aliphatic rings. The number of halogens is 1. The van der Waals surface area contributed by atoms with E-state index in [1.54, 1.807) is 6.92 Å². The molecule has 9 heavy (non-hydrogen) atoms. The molecule has 0 aliphatic heterocycles. The maximum atomic E-state index is 11.1. The number of methoxy groups -OCH3 is 1. The SMILES string of the molecule is CCOC(COF)OC. The second-order valence-electron chi connectivity index (χ2n) is 1.40. The van der Waals surface area contributed by atoms with E-state index in [2.05, 4.69) is 9.68 Å². The number of rotatable bonds is 5. The van der Waals surface area contributed by atoms with E-state index in [4.69, 9.17) is 4.74 Å². The summed E-state index contributed by atoms with van der Waals surface area (Å²) in [5.74, 6) is 0. The first-order chi connectivity index (χ1) is 4.35. The fourth-order valence-electron chi connectivity index (χ4n) is 0.422. The van der Waals surface area contributed by atoms with Gasteiger partial charge in [-0.1, -0.05) is 0 Å². The quantitative estimate of drug-likeness (QED) is 0.528. The van der Waals surface area contributed by atoms with Gasteiger partial charge in [0.1, 0.15) is 6.61 Å². The zero-order valence-electron chi connectivity index (χ0n) is 5.59. The van der Waals surface area contributed by atoms with Crippen LogP contribution in [0.2, 0.25) is 0 Å². The normalized spacial score (nSPS) is 13.7. The summed E-state index contributed by atoms with van der Waals surface area (Å²) < 4.78 is 20.6. The van der Waals surface area contributed by atoms with Gasteiger partial charge >= 0.3 is 0 Å². The molecule has 1 unspecified atom stereocenters. The Bertz CT molecular complexity index is 54.2. The van der Waals surface area contributed by atoms with Crippen LogP contribution in [0.25, 0.3) is 0 Å². The minimum absolute atomic E-state index is 0.176. The third-order valence-corrected chi connectivity index (χ3v) is 0.815. The van der Waals surface area contributed by atoms with Crippen molar-refractivity contribution in [3.8, 4) is 0 Å². The summed E-state index contributed by atoms with van der Waals surface area (Å²) in [6.07, 6.45) is -0.583. The van der Waals surface area contributed by atoms with Gasteiger partial charge in [0.25, 0.3) is 0 Å². The second-order valence-corrected chi connectivity index (χ2v) is 1.40. The Labute approximate surface area is 53.6 Å². The van der Waals surface area contributed by atoms with Crippen LogP contribution >= 0.6 is 0 Å². The maximum Gasteiger partial charge on any atom is 0.183 e. The zero-order valence-corrected chi connectivity index (χ0v) is 5.59. The highest BCUT2D eigenvalue weighted by molar-refractivity contribution is 4.35. The van der Waals surface area contributed by atoms with E-state index >= 15 is 0 Å². The predicted octanol–water partition coefficient (Wildman–Crippen LogP) is 0.896. The highest BCUT2D eigenvalue weighted by Gasteiger charge is 2.04. The van der Waals surface area contributed by atoms with Gasteiger partial charge in [0.2, 0.25) is 0 Å². The number of hydrogen-bond acceptors (Lipinski definition) is 3. The van der Waals surface area contributed by atoms with Crippen molar-refractivity contribution in [1.29, 1.82) is 0 Å². The first-order valence-electron chi connectivity index (χ1n) is 2.73. The van der Waals surface area contributed by atoms with Crippen molar-refractivity contribution in [3.63, 3.8) is 0 Å². The molecule has 4 heteroatoms. The highest BCUT2D eigenvalue weighted by Crippen LogP contribution is 1.93. The second kappa shape index (κ2) is 5.94. The summed E-state index contributed by atoms with van der Waals surface area (Å²) in [5.41, 5.74) is 0. The van der Waals surface area contributed by atoms with Gasteiger partial charge in [-0.15, -0.1) is 0 Å². The first kappa shape index (κ1) is 8.81. The number of ether oxygens (including phenoxy) is 2. The number of hydrogen-bond donors (Lipinski definition) is 0. The fraction of sp³-hybridized carbons (Fsp3) is 1.00. The maximum absolute atomic E-state index is 11.1. The molecular formula is C5H11FO3. The highest BCUT2D eigenvalue weighted by atomic mass is 19.3. The van der Waals surface area contributed by atoms with Gasteiger partial charge in [-0.2, -0.15) is 4.94 Å². The predicted molar refractivity (Wildman–Crippen MR) is 29.5 cm³/mol. The zero-order chi connectivity index (χ0) is 7.11. The van der Waals surface area contributed by atoms with Gasteiger partial charge in [0, 0.05) is 13.7 Å². The third kappa shape index (κ3) is 4.32. The molecule has 0 rings (SSSR count). The molecule has 0 aromatic carbocycles. The topological polar surface area (TPSA) is 27.7 Å². The molecule has 0 amide bonds. The van der Waals surface area contributed by atoms with Crippen LogP contribution in [0.3, 0.4) is 0 Å². The Morgan fingerprint density at radius 3 is 2.56 bits per heavy atom. The summed E-state index contributed by atoms with van der Waals surface area (Å²) in [6, 6.07) is 0. The lowest BCUT2D eigenvalue weighted by Gasteiger charge is -2.10. The van der Waals surface area contributed by atoms with Gasteiger partial charge < -0.3 is 9.47 Å². The van der Waals surface area contributed by atoms with Crippen LogP contribution in [0, 0.1) is 0 Å². The fourth-order valence-corrected chi connectivity index (χ4v) is 0.422. The minimum atomic E-state index is -0.583. The summed E-state index contributed by atoms with van der Waals surface area (Å²) in [5, 5.41) is 0. The molecule has 0 fully saturated rings. The molecule has 0 aliphatic carbocycles. The van der Waals surface area contributed by atoms with Crippen LogP contribution in [-0.2, 0) is 14.4 Å². The van der Waals surface area contributed by atoms with Crippen LogP contribution in [0.1, 0.15) is 6.92 Å². The van der Waals surface area contributed by atoms with Crippen molar-refractivity contribution in [2.45, 2.75) is 13.2 Å². The average molecular weight is 138 g/mol. The Kier molecular flexibility index (Phi) is 5.81. The molecule has 1 atom stereocenters. The van der Waals surface area contributed by atoms with Crippen LogP contribution in [-0.4, -0.2) is 26.6 Å². The molecule has 0 radical (unpaired) electrons. The molecule has 0 heterocycles. The van der Waals surface area contributed by atoms with E-state index in [9.17, 15) is 4.53 Å². The summed E-state index contributed by atoms with van der Waals surface area (Å²) in [7, 11) is 1.43. The Balaban J connectivity index is 3.18. The molecular weight excluding hydrogens is 127 g/mol. The van der Waals surface area contributed by atoms with Crippen molar-refractivity contribution in [2.24, 2.45) is 0 Å². The lowest BCUT2D eigenvalue weighted by molar-refractivity contribution is -0.223. The summed E-state index contributed by atoms with van der Waals surface area (Å²) >= 11 is 0. The van der Waals surface area contributed by atoms with Crippen LogP contribution in [0.5, 0.6) is 0 Å². The van der Waals surface area contributed by atoms with Gasteiger partial charge in [0.05, 0.1) is 0 Å². The molecule has 0 saturated heterocycles. The lowest BCUT2D eigenvalue weighted by Crippen LogP contribution is -2.20. The van der Waals surface area contributed by atoms with Crippen LogP contribution in [0.4, 0.5) is 4.53 Å². The lowest BCUT2D eigenvalue weighted by atomic mass is 10.7. The van der Waals surface area contributed by atoms with E-state index in [1.807, 2.05) is 0 Å². The van der Waals surface area contributed by atoms with Gasteiger partial charge in [-0.05, 0) is 11.4 Å². The van der Waals surface area contributed by atoms with Crippen LogP contribution in [0.15, 0.2) is 0 Å². The van der Waals surface area contributed by atoms with Crippen molar-refractivity contribution >= 4 is 0 Å². The van der Waals surface area contributed by atoms with Gasteiger partial charge in [0.15, 0.2) is 6.29 Å². The summed E-state index contributed by atoms with van der Waals surface area (Å²) in [4.78, 5) is 3.30. The Hall–Kier alpha value is -0.190. The molecule has 0 bridgehead atoms. The minimum Gasteiger partial charge on any atom is -0.353 e. The van der Waals surface area contributed by atoms with Crippen LogP contribution < -0.4 is 0 Å². The monoisotopic (exact) mass is 138 g/mol. The molecule has 0 aromatic rings. The van der Waals surface area contributed by atoms with Crippen molar-refractivity contribution < 1.29 is 18.9 Å². The van der Waals surface area contributed by atoms with Gasteiger partial charge in [-0.3, -0.25) is 0 Å². The van der Waals surface area contributed by atoms with Crippen molar-refractivity contribution in [1.82, 2.24) is 0 Å². The largest absolute Gasteiger partial charge is 0.353 e. The molecule has 0 N–H and O–H groups in total. The summed E-state index contributed by atoms with van der Waals surface area (Å²) in [6.45, 7) is 2.11. The molecule has 0 spiro atoms. The first-order valence-corrected chi connectivity index (χ1v) is 2.73. The molecule has 0 saturated carbocycles. The van der Waals surface area contributed by atoms with Gasteiger partial charge in [-0.25, -0.2) is 0 Å². The molecule has 56 valence electrons.